The zero-order chi connectivity index (χ0) is 7.61. The molecule has 1 aliphatic rings. The zero-order valence-corrected chi connectivity index (χ0v) is 7.66. The Labute approximate surface area is 69.6 Å². The van der Waals surface area contributed by atoms with Crippen molar-refractivity contribution in [2.24, 2.45) is 5.41 Å². The molecule has 48 valence electrons. The van der Waals surface area contributed by atoms with Crippen molar-refractivity contribution < 1.29 is 0 Å². The van der Waals surface area contributed by atoms with Crippen LogP contribution in [0.15, 0.2) is 0 Å². The Morgan fingerprint density at radius 3 is 2.40 bits per heavy atom. The summed E-state index contributed by atoms with van der Waals surface area (Å²) in [6.45, 7) is 12.3. The van der Waals surface area contributed by atoms with E-state index in [4.69, 9.17) is 0 Å². The van der Waals surface area contributed by atoms with Crippen LogP contribution in [0.4, 0.5) is 0 Å². The Morgan fingerprint density at radius 2 is 2.10 bits per heavy atom. The molecule has 10 heavy (non-hydrogen) atoms. The topological polar surface area (TPSA) is 0 Å². The number of rotatable bonds is 0. The third-order valence-electron chi connectivity index (χ3n) is 1.67. The first kappa shape index (κ1) is 8.58. The van der Waals surface area contributed by atoms with Gasteiger partial charge < -0.3 is 0 Å². The second-order valence-corrected chi connectivity index (χ2v) is 4.48. The van der Waals surface area contributed by atoms with Crippen molar-refractivity contribution in [3.05, 3.63) is 0 Å². The normalized spacial score (nSPS) is 15.7. The van der Waals surface area contributed by atoms with E-state index in [1.165, 1.54) is 6.56 Å². The maximum absolute atomic E-state index is 2.26. The van der Waals surface area contributed by atoms with Crippen LogP contribution >= 0.6 is 11.5 Å². The third kappa shape index (κ3) is 2.26. The summed E-state index contributed by atoms with van der Waals surface area (Å²) >= 11 is 1.88. The Bertz CT molecular complexity index is 179. The van der Waals surface area contributed by atoms with Crippen molar-refractivity contribution in [3.63, 3.8) is 0 Å². The van der Waals surface area contributed by atoms with Gasteiger partial charge in [0.25, 0.3) is 0 Å². The van der Waals surface area contributed by atoms with Crippen LogP contribution in [-0.2, 0) is 0 Å². The molecular weight excluding hydrogens is 135 g/mol. The summed E-state index contributed by atoms with van der Waals surface area (Å²) in [6, 6.07) is 0. The SMILES string of the molecule is CC(C)(C)C1=BB=BSB1. The standard InChI is InChI=1S/C5H10B4S/c1-5(2,3)4-6-8-9-10-7-4/h7H,1-3H3. The van der Waals surface area contributed by atoms with E-state index >= 15 is 0 Å². The van der Waals surface area contributed by atoms with E-state index in [2.05, 4.69) is 40.4 Å². The molecule has 5 heteroatoms. The van der Waals surface area contributed by atoms with Crippen molar-refractivity contribution in [1.29, 1.82) is 0 Å². The van der Waals surface area contributed by atoms with Crippen molar-refractivity contribution in [3.8, 4) is 0 Å². The molecule has 0 bridgehead atoms. The molecule has 0 nitrogen and oxygen atoms in total. The Hall–Kier alpha value is 0.480. The van der Waals surface area contributed by atoms with Gasteiger partial charge in [-0.1, -0.05) is 0 Å². The first-order chi connectivity index (χ1) is 4.61. The van der Waals surface area contributed by atoms with E-state index in [1.807, 2.05) is 11.5 Å². The fourth-order valence-electron chi connectivity index (χ4n) is 0.864. The molecule has 0 saturated carbocycles. The summed E-state index contributed by atoms with van der Waals surface area (Å²) in [5, 5.41) is 1.54. The van der Waals surface area contributed by atoms with Crippen molar-refractivity contribution in [2.45, 2.75) is 20.8 Å². The van der Waals surface area contributed by atoms with Gasteiger partial charge in [-0.05, 0) is 0 Å². The van der Waals surface area contributed by atoms with Crippen LogP contribution in [0, 0.1) is 5.41 Å². The van der Waals surface area contributed by atoms with Gasteiger partial charge in [0.05, 0.1) is 0 Å². The molecule has 1 aliphatic heterocycles. The van der Waals surface area contributed by atoms with Gasteiger partial charge in [-0.2, -0.15) is 0 Å². The Balaban J connectivity index is 2.72. The molecule has 0 unspecified atom stereocenters. The maximum atomic E-state index is 2.26. The molecule has 0 aliphatic carbocycles. The average molecular weight is 145 g/mol. The molecule has 0 aromatic rings. The van der Waals surface area contributed by atoms with Gasteiger partial charge in [0.1, 0.15) is 0 Å². The van der Waals surface area contributed by atoms with Gasteiger partial charge in [-0.25, -0.2) is 0 Å². The fourth-order valence-corrected chi connectivity index (χ4v) is 1.86. The summed E-state index contributed by atoms with van der Waals surface area (Å²) in [5.41, 5.74) is 0.359. The molecule has 1 rings (SSSR count). The summed E-state index contributed by atoms with van der Waals surface area (Å²) in [7, 11) is 0. The van der Waals surface area contributed by atoms with Gasteiger partial charge in [0, 0.05) is 0 Å². The summed E-state index contributed by atoms with van der Waals surface area (Å²) in [5.74, 6) is 0. The van der Waals surface area contributed by atoms with Crippen LogP contribution in [0.5, 0.6) is 0 Å². The van der Waals surface area contributed by atoms with Gasteiger partial charge >= 0.3 is 69.2 Å². The van der Waals surface area contributed by atoms with Gasteiger partial charge in [-0.15, -0.1) is 0 Å². The predicted molar refractivity (Wildman–Crippen MR) is 56.5 cm³/mol. The monoisotopic (exact) mass is 146 g/mol. The van der Waals surface area contributed by atoms with E-state index in [0.717, 1.165) is 0 Å². The van der Waals surface area contributed by atoms with Gasteiger partial charge in [0.15, 0.2) is 0 Å². The first-order valence-corrected chi connectivity index (χ1v) is 4.63. The van der Waals surface area contributed by atoms with Crippen LogP contribution in [0.3, 0.4) is 0 Å². The molecule has 0 aromatic carbocycles. The first-order valence-electron chi connectivity index (χ1n) is 3.58. The van der Waals surface area contributed by atoms with E-state index in [0.29, 0.717) is 5.41 Å². The average Bonchev–Trinajstić information content (AvgIpc) is 1.88. The molecular formula is C5H10B4S. The van der Waals surface area contributed by atoms with Crippen LogP contribution < -0.4 is 0 Å². The molecule has 0 saturated heterocycles. The predicted octanol–water partition coefficient (Wildman–Crippen LogP) is 0.118. The molecule has 0 amide bonds. The van der Waals surface area contributed by atoms with Crippen molar-refractivity contribution >= 4 is 43.0 Å². The van der Waals surface area contributed by atoms with Gasteiger partial charge in [-0.3, -0.25) is 0 Å². The second-order valence-electron chi connectivity index (χ2n) is 3.58. The molecule has 0 fully saturated rings. The van der Waals surface area contributed by atoms with E-state index < -0.39 is 0 Å². The van der Waals surface area contributed by atoms with Crippen LogP contribution in [0.1, 0.15) is 20.8 Å². The molecule has 0 N–H and O–H groups in total. The summed E-state index contributed by atoms with van der Waals surface area (Å²) in [6.07, 6.45) is 2.15. The van der Waals surface area contributed by atoms with Crippen molar-refractivity contribution in [2.75, 3.05) is 0 Å². The van der Waals surface area contributed by atoms with Crippen molar-refractivity contribution in [1.82, 2.24) is 0 Å². The molecule has 0 aromatic heterocycles. The van der Waals surface area contributed by atoms with E-state index in [-0.39, 0.29) is 0 Å². The second kappa shape index (κ2) is 3.25. The molecule has 0 spiro atoms. The number of hydrogen-bond donors (Lipinski definition) is 0. The summed E-state index contributed by atoms with van der Waals surface area (Å²) < 4.78 is 0. The van der Waals surface area contributed by atoms with Crippen LogP contribution in [0.2, 0.25) is 0 Å². The quantitative estimate of drug-likeness (QED) is 0.436. The molecule has 0 atom stereocenters. The van der Waals surface area contributed by atoms with E-state index in [1.54, 1.807) is 5.36 Å². The summed E-state index contributed by atoms with van der Waals surface area (Å²) in [4.78, 5) is 0. The Kier molecular flexibility index (Phi) is 2.79. The van der Waals surface area contributed by atoms with Crippen LogP contribution in [-0.4, -0.2) is 31.5 Å². The minimum absolute atomic E-state index is 0.359. The molecule has 0 radical (unpaired) electrons. The van der Waals surface area contributed by atoms with Gasteiger partial charge in [0.2, 0.25) is 0 Å². The zero-order valence-electron chi connectivity index (χ0n) is 6.85. The Morgan fingerprint density at radius 1 is 1.40 bits per heavy atom. The van der Waals surface area contributed by atoms with Crippen LogP contribution in [0.25, 0.3) is 0 Å². The molecule has 1 heterocycles. The third-order valence-corrected chi connectivity index (χ3v) is 2.50. The van der Waals surface area contributed by atoms with E-state index in [9.17, 15) is 0 Å². The minimum atomic E-state index is 0.359. The fraction of sp³-hybridized carbons (Fsp3) is 0.800. The number of hydrogen-bond acceptors (Lipinski definition) is 1.